The second kappa shape index (κ2) is 9.54. The average Bonchev–Trinajstić information content (AvgIpc) is 3.73. The van der Waals surface area contributed by atoms with Crippen LogP contribution in [0.25, 0.3) is 54.9 Å². The minimum Gasteiger partial charge on any atom is -0.456 e. The summed E-state index contributed by atoms with van der Waals surface area (Å²) in [6.45, 7) is 4.67. The van der Waals surface area contributed by atoms with E-state index in [4.69, 9.17) is 14.4 Å². The molecular formula is C42H30N4O. The van der Waals surface area contributed by atoms with Gasteiger partial charge >= 0.3 is 0 Å². The second-order valence-corrected chi connectivity index (χ2v) is 13.1. The molecule has 6 aromatic carbocycles. The molecule has 5 nitrogen and oxygen atoms in total. The lowest BCUT2D eigenvalue weighted by Gasteiger charge is -2.24. The Morgan fingerprint density at radius 3 is 2.26 bits per heavy atom. The highest BCUT2D eigenvalue weighted by molar-refractivity contribution is 6.18. The molecule has 0 saturated carbocycles. The number of fused-ring (bicyclic) bond motifs is 9. The van der Waals surface area contributed by atoms with Gasteiger partial charge in [-0.25, -0.2) is 4.99 Å². The van der Waals surface area contributed by atoms with Crippen LogP contribution in [0, 0.1) is 0 Å². The Morgan fingerprint density at radius 1 is 0.617 bits per heavy atom. The third-order valence-electron chi connectivity index (χ3n) is 10.1. The van der Waals surface area contributed by atoms with Crippen molar-refractivity contribution in [2.24, 2.45) is 9.98 Å². The molecular weight excluding hydrogens is 576 g/mol. The van der Waals surface area contributed by atoms with Gasteiger partial charge in [0.1, 0.15) is 23.2 Å². The van der Waals surface area contributed by atoms with Gasteiger partial charge in [0.15, 0.2) is 0 Å². The molecule has 8 aromatic rings. The normalized spacial score (nSPS) is 16.7. The van der Waals surface area contributed by atoms with Gasteiger partial charge in [0.2, 0.25) is 5.96 Å². The molecule has 10 rings (SSSR count). The molecule has 0 bridgehead atoms. The molecule has 224 valence electrons. The van der Waals surface area contributed by atoms with E-state index < -0.39 is 0 Å². The molecule has 1 N–H and O–H groups in total. The first-order chi connectivity index (χ1) is 23.0. The molecule has 0 amide bonds. The van der Waals surface area contributed by atoms with E-state index in [1.165, 1.54) is 33.0 Å². The smallest absolute Gasteiger partial charge is 0.234 e. The molecule has 47 heavy (non-hydrogen) atoms. The summed E-state index contributed by atoms with van der Waals surface area (Å²) in [7, 11) is 0. The van der Waals surface area contributed by atoms with E-state index in [0.717, 1.165) is 49.9 Å². The number of hydrogen-bond acceptors (Lipinski definition) is 4. The van der Waals surface area contributed by atoms with Crippen molar-refractivity contribution in [3.05, 3.63) is 156 Å². The van der Waals surface area contributed by atoms with Crippen LogP contribution in [0.15, 0.2) is 148 Å². The summed E-state index contributed by atoms with van der Waals surface area (Å²) in [6, 6.07) is 47.1. The van der Waals surface area contributed by atoms with Crippen molar-refractivity contribution >= 4 is 55.5 Å². The minimum absolute atomic E-state index is 0.0887. The van der Waals surface area contributed by atoms with Gasteiger partial charge in [-0.1, -0.05) is 111 Å². The molecule has 1 atom stereocenters. The molecule has 2 aliphatic rings. The predicted molar refractivity (Wildman–Crippen MR) is 192 cm³/mol. The van der Waals surface area contributed by atoms with Crippen molar-refractivity contribution in [1.82, 2.24) is 9.88 Å². The zero-order valence-electron chi connectivity index (χ0n) is 26.0. The van der Waals surface area contributed by atoms with Crippen molar-refractivity contribution in [2.75, 3.05) is 0 Å². The number of para-hydroxylation sites is 2. The Hall–Kier alpha value is -5.94. The Balaban J connectivity index is 1.22. The molecule has 2 aromatic heterocycles. The van der Waals surface area contributed by atoms with Gasteiger partial charge in [-0.05, 0) is 64.2 Å². The first-order valence-electron chi connectivity index (χ1n) is 16.1. The maximum absolute atomic E-state index is 6.28. The third kappa shape index (κ3) is 3.77. The number of nitrogens with one attached hydrogen (secondary N) is 1. The number of aromatic nitrogens is 1. The average molecular weight is 607 g/mol. The van der Waals surface area contributed by atoms with Crippen molar-refractivity contribution < 1.29 is 4.42 Å². The number of aliphatic imine (C=N–C) groups is 2. The number of amidine groups is 1. The van der Waals surface area contributed by atoms with Crippen LogP contribution in [-0.2, 0) is 5.41 Å². The van der Waals surface area contributed by atoms with Crippen molar-refractivity contribution in [2.45, 2.75) is 25.4 Å². The minimum atomic E-state index is -0.324. The number of nitrogens with zero attached hydrogens (tertiary/aromatic N) is 3. The summed E-state index contributed by atoms with van der Waals surface area (Å²) in [5, 5.41) is 8.24. The molecule has 5 heteroatoms. The lowest BCUT2D eigenvalue weighted by molar-refractivity contribution is 0.661. The van der Waals surface area contributed by atoms with Gasteiger partial charge in [-0.3, -0.25) is 4.57 Å². The predicted octanol–water partition coefficient (Wildman–Crippen LogP) is 9.95. The van der Waals surface area contributed by atoms with Crippen molar-refractivity contribution in [3.63, 3.8) is 0 Å². The molecule has 1 unspecified atom stereocenters. The number of furan rings is 1. The van der Waals surface area contributed by atoms with Crippen LogP contribution in [0.3, 0.4) is 0 Å². The maximum atomic E-state index is 6.28. The maximum Gasteiger partial charge on any atom is 0.234 e. The van der Waals surface area contributed by atoms with Gasteiger partial charge < -0.3 is 9.73 Å². The number of hydrogen-bond donors (Lipinski definition) is 1. The van der Waals surface area contributed by atoms with Crippen LogP contribution in [0.4, 0.5) is 0 Å². The topological polar surface area (TPSA) is 54.8 Å². The molecule has 0 radical (unpaired) electrons. The van der Waals surface area contributed by atoms with Crippen LogP contribution in [0.5, 0.6) is 0 Å². The van der Waals surface area contributed by atoms with Gasteiger partial charge in [-0.2, -0.15) is 4.99 Å². The van der Waals surface area contributed by atoms with E-state index >= 15 is 0 Å². The summed E-state index contributed by atoms with van der Waals surface area (Å²) in [4.78, 5) is 10.6. The Bertz CT molecular complexity index is 2640. The van der Waals surface area contributed by atoms with Crippen LogP contribution >= 0.6 is 0 Å². The van der Waals surface area contributed by atoms with Crippen molar-refractivity contribution in [1.29, 1.82) is 0 Å². The van der Waals surface area contributed by atoms with Crippen molar-refractivity contribution in [3.8, 4) is 11.1 Å². The Morgan fingerprint density at radius 2 is 1.36 bits per heavy atom. The highest BCUT2D eigenvalue weighted by atomic mass is 16.3. The van der Waals surface area contributed by atoms with E-state index in [0.29, 0.717) is 5.96 Å². The molecule has 1 aliphatic heterocycles. The highest BCUT2D eigenvalue weighted by Gasteiger charge is 2.36. The molecule has 3 heterocycles. The molecule has 0 saturated heterocycles. The van der Waals surface area contributed by atoms with Crippen LogP contribution < -0.4 is 5.32 Å². The number of rotatable bonds is 2. The molecule has 0 spiro atoms. The zero-order valence-corrected chi connectivity index (χ0v) is 26.0. The van der Waals surface area contributed by atoms with Crippen LogP contribution in [0.2, 0.25) is 0 Å². The van der Waals surface area contributed by atoms with E-state index in [-0.39, 0.29) is 11.6 Å². The van der Waals surface area contributed by atoms with Gasteiger partial charge in [-0.15, -0.1) is 0 Å². The largest absolute Gasteiger partial charge is 0.456 e. The highest BCUT2D eigenvalue weighted by Crippen LogP contribution is 2.50. The van der Waals surface area contributed by atoms with E-state index in [2.05, 4.69) is 133 Å². The molecule has 1 aliphatic carbocycles. The summed E-state index contributed by atoms with van der Waals surface area (Å²) in [6.07, 6.45) is -0.324. The fourth-order valence-electron chi connectivity index (χ4n) is 7.74. The SMILES string of the molecule is CC1(C)c2ccccc2-c2cc3c(cc21)c1ccccc1n3C1=NC(c2ccccc2)NC(c2ccc3c(c2)oc2ccccc23)=N1. The Kier molecular flexibility index (Phi) is 5.33. The lowest BCUT2D eigenvalue weighted by atomic mass is 9.82. The standard InChI is InChI=1S/C42H30N4O/c1-42(2)33-17-9-6-14-27(33)31-24-36-32(23-34(31)42)28-15-7-10-18-35(28)46(36)41-44-39(25-12-4-3-5-13-25)43-40(45-41)26-20-21-30-29-16-8-11-19-37(29)47-38(30)22-26/h3-24,39H,1-2H3,(H,43,44,45). The van der Waals surface area contributed by atoms with E-state index in [9.17, 15) is 0 Å². The van der Waals surface area contributed by atoms with Crippen LogP contribution in [0.1, 0.15) is 42.3 Å². The number of benzene rings is 6. The summed E-state index contributed by atoms with van der Waals surface area (Å²) < 4.78 is 8.53. The van der Waals surface area contributed by atoms with E-state index in [1.807, 2.05) is 24.3 Å². The fourth-order valence-corrected chi connectivity index (χ4v) is 7.74. The Labute approximate surface area is 271 Å². The zero-order chi connectivity index (χ0) is 31.3. The second-order valence-electron chi connectivity index (χ2n) is 13.1. The summed E-state index contributed by atoms with van der Waals surface area (Å²) in [5.41, 5.74) is 11.1. The quantitative estimate of drug-likeness (QED) is 0.213. The van der Waals surface area contributed by atoms with Gasteiger partial charge in [0.05, 0.1) is 11.0 Å². The van der Waals surface area contributed by atoms with Crippen LogP contribution in [-0.4, -0.2) is 16.4 Å². The monoisotopic (exact) mass is 606 g/mol. The first kappa shape index (κ1) is 26.3. The van der Waals surface area contributed by atoms with Gasteiger partial charge in [0.25, 0.3) is 0 Å². The summed E-state index contributed by atoms with van der Waals surface area (Å²) >= 11 is 0. The fraction of sp³-hybridized carbons (Fsp3) is 0.0952. The lowest BCUT2D eigenvalue weighted by Crippen LogP contribution is -2.35. The van der Waals surface area contributed by atoms with E-state index in [1.54, 1.807) is 0 Å². The molecule has 0 fully saturated rings. The first-order valence-corrected chi connectivity index (χ1v) is 16.1. The third-order valence-corrected chi connectivity index (χ3v) is 10.1. The summed E-state index contributed by atoms with van der Waals surface area (Å²) in [5.74, 6) is 1.40. The van der Waals surface area contributed by atoms with Gasteiger partial charge in [0, 0.05) is 32.5 Å².